The number of benzene rings is 4. The number of fused-ring (bicyclic) bond motifs is 7. The molecular formula is C49H46BN3O. The molecule has 2 aliphatic carbocycles. The van der Waals surface area contributed by atoms with Gasteiger partial charge in [0.1, 0.15) is 5.58 Å². The van der Waals surface area contributed by atoms with Gasteiger partial charge in [-0.15, -0.1) is 0 Å². The highest BCUT2D eigenvalue weighted by Gasteiger charge is 2.54. The predicted octanol–water partition coefficient (Wildman–Crippen LogP) is 9.95. The maximum absolute atomic E-state index is 7.22. The van der Waals surface area contributed by atoms with Crippen LogP contribution >= 0.6 is 0 Å². The van der Waals surface area contributed by atoms with E-state index in [-0.39, 0.29) is 29.4 Å². The van der Waals surface area contributed by atoms with Crippen LogP contribution in [0.1, 0.15) is 65.5 Å². The molecule has 2 unspecified atom stereocenters. The zero-order valence-electron chi connectivity index (χ0n) is 32.1. The normalized spacial score (nSPS) is 19.0. The molecule has 2 atom stereocenters. The Balaban J connectivity index is 1.25. The van der Waals surface area contributed by atoms with E-state index in [1.165, 1.54) is 72.0 Å². The molecule has 0 saturated heterocycles. The second kappa shape index (κ2) is 12.0. The van der Waals surface area contributed by atoms with Crippen molar-refractivity contribution in [3.63, 3.8) is 0 Å². The summed E-state index contributed by atoms with van der Waals surface area (Å²) in [7, 11) is 0. The van der Waals surface area contributed by atoms with Gasteiger partial charge >= 0.3 is 0 Å². The molecule has 2 aliphatic heterocycles. The van der Waals surface area contributed by atoms with E-state index in [4.69, 9.17) is 4.42 Å². The standard InChI is InChI=1S/C49H46BN3O/c1-48(2,3)34-21-18-31(19-22-34)32-12-10-15-37(28-32)53-42-17-11-16-41-44(42)50(47-46(53)39-29-35(49(4,5)6)23-25-43(39)54-47)40-24-20-33-30-51-27-26-38(33)45(40)52(41)36-13-8-7-9-14-36/h7-16,18-23,25-30,40,42H,17,24H2,1-6H3. The Labute approximate surface area is 318 Å². The van der Waals surface area contributed by atoms with Crippen LogP contribution in [-0.4, -0.2) is 17.7 Å². The highest BCUT2D eigenvalue weighted by atomic mass is 16.3. The van der Waals surface area contributed by atoms with Crippen LogP contribution in [0.2, 0.25) is 5.82 Å². The summed E-state index contributed by atoms with van der Waals surface area (Å²) in [6, 6.07) is 38.5. The molecule has 0 amide bonds. The maximum atomic E-state index is 7.22. The van der Waals surface area contributed by atoms with E-state index in [9.17, 15) is 0 Å². The van der Waals surface area contributed by atoms with Crippen LogP contribution in [0, 0.1) is 0 Å². The van der Waals surface area contributed by atoms with E-state index in [0.717, 1.165) is 24.1 Å². The predicted molar refractivity (Wildman–Crippen MR) is 226 cm³/mol. The highest BCUT2D eigenvalue weighted by Crippen LogP contribution is 2.53. The van der Waals surface area contributed by atoms with Crippen molar-refractivity contribution in [3.05, 3.63) is 160 Å². The summed E-state index contributed by atoms with van der Waals surface area (Å²) in [4.78, 5) is 9.73. The van der Waals surface area contributed by atoms with Gasteiger partial charge in [-0.2, -0.15) is 0 Å². The summed E-state index contributed by atoms with van der Waals surface area (Å²) in [6.07, 6.45) is 13.0. The lowest BCUT2D eigenvalue weighted by atomic mass is 9.29. The Morgan fingerprint density at radius 3 is 2.28 bits per heavy atom. The lowest BCUT2D eigenvalue weighted by Crippen LogP contribution is -2.59. The summed E-state index contributed by atoms with van der Waals surface area (Å²) in [5.74, 6) is 0.198. The molecule has 0 radical (unpaired) electrons. The fourth-order valence-corrected chi connectivity index (χ4v) is 9.48. The Kier molecular flexibility index (Phi) is 7.33. The summed E-state index contributed by atoms with van der Waals surface area (Å²) >= 11 is 0. The van der Waals surface area contributed by atoms with Crippen molar-refractivity contribution in [2.24, 2.45) is 0 Å². The third-order valence-electron chi connectivity index (χ3n) is 12.2. The molecule has 0 saturated carbocycles. The second-order valence-electron chi connectivity index (χ2n) is 17.6. The van der Waals surface area contributed by atoms with Gasteiger partial charge in [0.25, 0.3) is 6.71 Å². The molecular weight excluding hydrogens is 657 g/mol. The fourth-order valence-electron chi connectivity index (χ4n) is 9.48. The van der Waals surface area contributed by atoms with Gasteiger partial charge in [-0.25, -0.2) is 0 Å². The monoisotopic (exact) mass is 703 g/mol. The maximum Gasteiger partial charge on any atom is 0.267 e. The SMILES string of the molecule is CC(C)(C)c1ccc(-c2cccc(N3c4c(oc5ccc(C(C)(C)C)cc45)B4C5=C(C=CCC53)N(c3ccccc3)C3=c5ccncc5=CCC43)c2)cc1. The smallest absolute Gasteiger partial charge is 0.267 e. The average molecular weight is 704 g/mol. The molecule has 4 nitrogen and oxygen atoms in total. The van der Waals surface area contributed by atoms with E-state index < -0.39 is 0 Å². The van der Waals surface area contributed by atoms with Crippen LogP contribution in [0.5, 0.6) is 0 Å². The largest absolute Gasteiger partial charge is 0.469 e. The minimum absolute atomic E-state index is 0.000823. The average Bonchev–Trinajstić information content (AvgIpc) is 3.56. The minimum Gasteiger partial charge on any atom is -0.469 e. The number of furan rings is 1. The molecule has 0 N–H and O–H groups in total. The molecule has 2 aromatic heterocycles. The summed E-state index contributed by atoms with van der Waals surface area (Å²) in [5.41, 5.74) is 14.9. The fraction of sp³-hybridized carbons (Fsp3) is 0.245. The van der Waals surface area contributed by atoms with Gasteiger partial charge in [-0.1, -0.05) is 114 Å². The molecule has 5 heteroatoms. The number of para-hydroxylation sites is 1. The van der Waals surface area contributed by atoms with Crippen molar-refractivity contribution < 1.29 is 4.42 Å². The van der Waals surface area contributed by atoms with E-state index in [1.807, 2.05) is 12.4 Å². The van der Waals surface area contributed by atoms with Gasteiger partial charge in [0, 0.05) is 45.8 Å². The third-order valence-corrected chi connectivity index (χ3v) is 12.2. The molecule has 0 bridgehead atoms. The van der Waals surface area contributed by atoms with Gasteiger partial charge in [-0.05, 0) is 111 Å². The molecule has 4 heterocycles. The third kappa shape index (κ3) is 5.08. The lowest BCUT2D eigenvalue weighted by Gasteiger charge is -2.51. The Hall–Kier alpha value is -5.55. The first-order chi connectivity index (χ1) is 26.1. The van der Waals surface area contributed by atoms with Crippen molar-refractivity contribution in [1.29, 1.82) is 0 Å². The minimum atomic E-state index is 0.000823. The molecule has 54 heavy (non-hydrogen) atoms. The first-order valence-corrected chi connectivity index (χ1v) is 19.5. The van der Waals surface area contributed by atoms with Crippen LogP contribution < -0.4 is 25.9 Å². The van der Waals surface area contributed by atoms with Gasteiger partial charge < -0.3 is 14.2 Å². The second-order valence-corrected chi connectivity index (χ2v) is 17.6. The Morgan fingerprint density at radius 1 is 0.741 bits per heavy atom. The Morgan fingerprint density at radius 2 is 1.50 bits per heavy atom. The van der Waals surface area contributed by atoms with Crippen molar-refractivity contribution in [2.75, 3.05) is 9.80 Å². The molecule has 10 rings (SSSR count). The highest BCUT2D eigenvalue weighted by molar-refractivity contribution is 6.84. The molecule has 4 aliphatic rings. The van der Waals surface area contributed by atoms with Crippen LogP contribution in [0.25, 0.3) is 33.9 Å². The number of hydrogen-bond acceptors (Lipinski definition) is 4. The molecule has 4 aromatic carbocycles. The zero-order valence-corrected chi connectivity index (χ0v) is 32.1. The number of aromatic nitrogens is 1. The first-order valence-electron chi connectivity index (χ1n) is 19.5. The Bertz CT molecular complexity index is 2650. The van der Waals surface area contributed by atoms with Crippen LogP contribution in [0.4, 0.5) is 17.1 Å². The molecule has 0 fully saturated rings. The quantitative estimate of drug-likeness (QED) is 0.172. The van der Waals surface area contributed by atoms with Crippen LogP contribution in [-0.2, 0) is 10.8 Å². The van der Waals surface area contributed by atoms with Crippen molar-refractivity contribution in [2.45, 2.75) is 77.1 Å². The number of nitrogens with zero attached hydrogens (tertiary/aromatic N) is 3. The topological polar surface area (TPSA) is 32.5 Å². The zero-order chi connectivity index (χ0) is 36.9. The van der Waals surface area contributed by atoms with E-state index >= 15 is 0 Å². The number of hydrogen-bond donors (Lipinski definition) is 0. The van der Waals surface area contributed by atoms with Gasteiger partial charge in [-0.3, -0.25) is 4.98 Å². The van der Waals surface area contributed by atoms with Gasteiger partial charge in [0.15, 0.2) is 0 Å². The van der Waals surface area contributed by atoms with Crippen molar-refractivity contribution in [3.8, 4) is 11.1 Å². The molecule has 0 spiro atoms. The lowest BCUT2D eigenvalue weighted by molar-refractivity contribution is 0.590. The summed E-state index contributed by atoms with van der Waals surface area (Å²) < 4.78 is 7.22. The van der Waals surface area contributed by atoms with E-state index in [0.29, 0.717) is 0 Å². The molecule has 266 valence electrons. The summed E-state index contributed by atoms with van der Waals surface area (Å²) in [6.45, 7) is 13.8. The van der Waals surface area contributed by atoms with Gasteiger partial charge in [0.2, 0.25) is 0 Å². The molecule has 6 aromatic rings. The van der Waals surface area contributed by atoms with E-state index in [2.05, 4.69) is 178 Å². The number of pyridine rings is 1. The number of allylic oxidation sites excluding steroid dienone is 1. The summed E-state index contributed by atoms with van der Waals surface area (Å²) in [5, 5.41) is 3.66. The number of rotatable bonds is 3. The first kappa shape index (κ1) is 33.1. The van der Waals surface area contributed by atoms with Crippen LogP contribution in [0.15, 0.2) is 143 Å². The van der Waals surface area contributed by atoms with E-state index in [1.54, 1.807) is 0 Å². The number of anilines is 3. The van der Waals surface area contributed by atoms with Crippen LogP contribution in [0.3, 0.4) is 0 Å². The van der Waals surface area contributed by atoms with Crippen molar-refractivity contribution in [1.82, 2.24) is 4.98 Å². The van der Waals surface area contributed by atoms with Crippen molar-refractivity contribution >= 4 is 52.2 Å². The van der Waals surface area contributed by atoms with Gasteiger partial charge in [0.05, 0.1) is 17.4 Å².